The summed E-state index contributed by atoms with van der Waals surface area (Å²) in [6, 6.07) is 13.7. The van der Waals surface area contributed by atoms with Gasteiger partial charge in [-0.15, -0.1) is 0 Å². The normalized spacial score (nSPS) is 14.0. The zero-order chi connectivity index (χ0) is 23.8. The van der Waals surface area contributed by atoms with Gasteiger partial charge in [0, 0.05) is 33.2 Å². The van der Waals surface area contributed by atoms with Gasteiger partial charge in [-0.3, -0.25) is 4.79 Å². The zero-order valence-corrected chi connectivity index (χ0v) is 18.6. The van der Waals surface area contributed by atoms with Crippen LogP contribution >= 0.6 is 0 Å². The summed E-state index contributed by atoms with van der Waals surface area (Å²) in [6.45, 7) is 0.0761. The largest absolute Gasteiger partial charge is 0.480 e. The second-order valence-electron chi connectivity index (χ2n) is 7.66. The van der Waals surface area contributed by atoms with Crippen LogP contribution in [-0.2, 0) is 23.8 Å². The van der Waals surface area contributed by atoms with E-state index in [0.29, 0.717) is 0 Å². The van der Waals surface area contributed by atoms with Crippen LogP contribution in [0.2, 0.25) is 0 Å². The molecule has 1 aliphatic rings. The first-order valence-corrected chi connectivity index (χ1v) is 10.6. The SMILES string of the molecule is COCCC(NC(=O)OCC1c2ccccc2-c2ccccc21)C(=O)NC(COC)C(=O)O. The van der Waals surface area contributed by atoms with Gasteiger partial charge in [0.25, 0.3) is 0 Å². The molecule has 2 aromatic carbocycles. The van der Waals surface area contributed by atoms with Gasteiger partial charge in [-0.05, 0) is 22.3 Å². The number of methoxy groups -OCH3 is 2. The average Bonchev–Trinajstić information content (AvgIpc) is 3.13. The van der Waals surface area contributed by atoms with E-state index in [1.54, 1.807) is 0 Å². The van der Waals surface area contributed by atoms with Gasteiger partial charge in [0.1, 0.15) is 12.6 Å². The molecule has 0 saturated carbocycles. The molecule has 2 aromatic rings. The molecule has 1 aliphatic carbocycles. The van der Waals surface area contributed by atoms with Crippen LogP contribution in [0.5, 0.6) is 0 Å². The van der Waals surface area contributed by atoms with Crippen molar-refractivity contribution in [2.75, 3.05) is 34.0 Å². The summed E-state index contributed by atoms with van der Waals surface area (Å²) in [6.07, 6.45) is -0.627. The molecule has 9 heteroatoms. The molecule has 0 aliphatic heterocycles. The number of rotatable bonds is 11. The van der Waals surface area contributed by atoms with Crippen LogP contribution in [0.25, 0.3) is 11.1 Å². The van der Waals surface area contributed by atoms with Crippen molar-refractivity contribution < 1.29 is 33.7 Å². The van der Waals surface area contributed by atoms with E-state index >= 15 is 0 Å². The molecule has 33 heavy (non-hydrogen) atoms. The Labute approximate surface area is 192 Å². The number of hydrogen-bond donors (Lipinski definition) is 3. The Bertz CT molecular complexity index is 949. The third-order valence-corrected chi connectivity index (χ3v) is 5.51. The van der Waals surface area contributed by atoms with Crippen molar-refractivity contribution in [2.24, 2.45) is 0 Å². The van der Waals surface area contributed by atoms with Crippen molar-refractivity contribution in [1.29, 1.82) is 0 Å². The molecule has 0 bridgehead atoms. The van der Waals surface area contributed by atoms with Crippen molar-refractivity contribution in [2.45, 2.75) is 24.4 Å². The molecule has 3 rings (SSSR count). The monoisotopic (exact) mass is 456 g/mol. The zero-order valence-electron chi connectivity index (χ0n) is 18.6. The van der Waals surface area contributed by atoms with Crippen molar-refractivity contribution in [1.82, 2.24) is 10.6 Å². The lowest BCUT2D eigenvalue weighted by Crippen LogP contribution is -2.53. The molecule has 0 aromatic heterocycles. The van der Waals surface area contributed by atoms with Crippen molar-refractivity contribution in [3.05, 3.63) is 59.7 Å². The molecular weight excluding hydrogens is 428 g/mol. The van der Waals surface area contributed by atoms with Crippen molar-refractivity contribution >= 4 is 18.0 Å². The number of carbonyl (C=O) groups is 3. The van der Waals surface area contributed by atoms with Crippen molar-refractivity contribution in [3.63, 3.8) is 0 Å². The lowest BCUT2D eigenvalue weighted by molar-refractivity contribution is -0.143. The summed E-state index contributed by atoms with van der Waals surface area (Å²) in [7, 11) is 2.80. The van der Waals surface area contributed by atoms with Crippen LogP contribution < -0.4 is 10.6 Å². The van der Waals surface area contributed by atoms with Gasteiger partial charge in [0.15, 0.2) is 6.04 Å². The lowest BCUT2D eigenvalue weighted by atomic mass is 9.98. The fourth-order valence-corrected chi connectivity index (χ4v) is 3.90. The predicted octanol–water partition coefficient (Wildman–Crippen LogP) is 2.15. The minimum atomic E-state index is -1.24. The number of ether oxygens (including phenoxy) is 3. The van der Waals surface area contributed by atoms with E-state index in [1.165, 1.54) is 14.2 Å². The molecule has 0 fully saturated rings. The number of alkyl carbamates (subject to hydrolysis) is 1. The van der Waals surface area contributed by atoms with E-state index in [4.69, 9.17) is 14.2 Å². The Morgan fingerprint density at radius 2 is 1.52 bits per heavy atom. The van der Waals surface area contributed by atoms with E-state index in [1.807, 2.05) is 48.5 Å². The van der Waals surface area contributed by atoms with Gasteiger partial charge in [0.2, 0.25) is 5.91 Å². The smallest absolute Gasteiger partial charge is 0.407 e. The third-order valence-electron chi connectivity index (χ3n) is 5.51. The molecule has 2 amide bonds. The molecule has 0 heterocycles. The number of amides is 2. The first-order chi connectivity index (χ1) is 16.0. The number of hydrogen-bond acceptors (Lipinski definition) is 6. The van der Waals surface area contributed by atoms with Gasteiger partial charge in [-0.2, -0.15) is 0 Å². The Kier molecular flexibility index (Phi) is 8.39. The fraction of sp³-hybridized carbons (Fsp3) is 0.375. The third kappa shape index (κ3) is 5.88. The van der Waals surface area contributed by atoms with Gasteiger partial charge in [-0.1, -0.05) is 48.5 Å². The number of aliphatic carboxylic acids is 1. The maximum atomic E-state index is 12.6. The summed E-state index contributed by atoms with van der Waals surface area (Å²) in [5, 5.41) is 14.1. The highest BCUT2D eigenvalue weighted by molar-refractivity contribution is 5.89. The maximum Gasteiger partial charge on any atom is 0.407 e. The fourth-order valence-electron chi connectivity index (χ4n) is 3.90. The van der Waals surface area contributed by atoms with E-state index in [-0.39, 0.29) is 32.2 Å². The number of carbonyl (C=O) groups excluding carboxylic acids is 2. The molecule has 2 atom stereocenters. The summed E-state index contributed by atoms with van der Waals surface area (Å²) < 4.78 is 15.3. The van der Waals surface area contributed by atoms with E-state index in [9.17, 15) is 19.5 Å². The lowest BCUT2D eigenvalue weighted by Gasteiger charge is -2.21. The molecule has 0 spiro atoms. The minimum Gasteiger partial charge on any atom is -0.480 e. The highest BCUT2D eigenvalue weighted by Crippen LogP contribution is 2.44. The first-order valence-electron chi connectivity index (χ1n) is 10.6. The number of fused-ring (bicyclic) bond motifs is 3. The van der Waals surface area contributed by atoms with Gasteiger partial charge in [0.05, 0.1) is 6.61 Å². The second-order valence-corrected chi connectivity index (χ2v) is 7.66. The molecule has 9 nitrogen and oxygen atoms in total. The molecule has 3 N–H and O–H groups in total. The van der Waals surface area contributed by atoms with Crippen LogP contribution in [0.15, 0.2) is 48.5 Å². The summed E-state index contributed by atoms with van der Waals surface area (Å²) in [5.74, 6) is -2.02. The van der Waals surface area contributed by atoms with Crippen LogP contribution in [0.3, 0.4) is 0 Å². The summed E-state index contributed by atoms with van der Waals surface area (Å²) in [5.41, 5.74) is 4.36. The Hall–Kier alpha value is -3.43. The molecule has 0 saturated heterocycles. The summed E-state index contributed by atoms with van der Waals surface area (Å²) in [4.78, 5) is 36.5. The van der Waals surface area contributed by atoms with Gasteiger partial charge in [-0.25, -0.2) is 9.59 Å². The molecule has 176 valence electrons. The Morgan fingerprint density at radius 1 is 0.909 bits per heavy atom. The second kappa shape index (κ2) is 11.4. The highest BCUT2D eigenvalue weighted by Gasteiger charge is 2.30. The number of benzene rings is 2. The van der Waals surface area contributed by atoms with Crippen LogP contribution in [-0.4, -0.2) is 69.2 Å². The van der Waals surface area contributed by atoms with Gasteiger partial charge < -0.3 is 30.0 Å². The van der Waals surface area contributed by atoms with Crippen LogP contribution in [0, 0.1) is 0 Å². The van der Waals surface area contributed by atoms with Crippen LogP contribution in [0.1, 0.15) is 23.5 Å². The molecule has 2 unspecified atom stereocenters. The average molecular weight is 456 g/mol. The van der Waals surface area contributed by atoms with Gasteiger partial charge >= 0.3 is 12.1 Å². The van der Waals surface area contributed by atoms with E-state index in [0.717, 1.165) is 22.3 Å². The first kappa shape index (κ1) is 24.2. The summed E-state index contributed by atoms with van der Waals surface area (Å²) >= 11 is 0. The topological polar surface area (TPSA) is 123 Å². The number of carboxylic acid groups (broad SMARTS) is 1. The maximum absolute atomic E-state index is 12.6. The standard InChI is InChI=1S/C24H28N2O7/c1-31-12-11-20(22(27)25-21(14-32-2)23(28)29)26-24(30)33-13-19-17-9-5-3-7-15(17)16-8-4-6-10-18(16)19/h3-10,19-21H,11-14H2,1-2H3,(H,25,27)(H,26,30)(H,28,29). The highest BCUT2D eigenvalue weighted by atomic mass is 16.5. The Balaban J connectivity index is 1.65. The number of nitrogens with one attached hydrogen (secondary N) is 2. The number of carboxylic acids is 1. The predicted molar refractivity (Wildman–Crippen MR) is 120 cm³/mol. The van der Waals surface area contributed by atoms with E-state index < -0.39 is 30.1 Å². The van der Waals surface area contributed by atoms with Crippen LogP contribution in [0.4, 0.5) is 4.79 Å². The quantitative estimate of drug-likeness (QED) is 0.473. The van der Waals surface area contributed by atoms with E-state index in [2.05, 4.69) is 10.6 Å². The molecule has 0 radical (unpaired) electrons. The molecular formula is C24H28N2O7. The van der Waals surface area contributed by atoms with Crippen molar-refractivity contribution in [3.8, 4) is 11.1 Å². The Morgan fingerprint density at radius 3 is 2.06 bits per heavy atom. The minimum absolute atomic E-state index is 0.0971.